The Hall–Kier alpha value is -2.37. The van der Waals surface area contributed by atoms with Crippen molar-refractivity contribution in [3.05, 3.63) is 69.7 Å². The number of carbonyl (C=O) groups excluding carboxylic acids is 1. The van der Waals surface area contributed by atoms with E-state index in [0.717, 1.165) is 11.1 Å². The van der Waals surface area contributed by atoms with Gasteiger partial charge in [0, 0.05) is 17.8 Å². The fourth-order valence-electron chi connectivity index (χ4n) is 2.10. The van der Waals surface area contributed by atoms with Gasteiger partial charge in [-0.25, -0.2) is 9.78 Å². The molecule has 0 saturated heterocycles. The first-order valence-electron chi connectivity index (χ1n) is 7.04. The third-order valence-electron chi connectivity index (χ3n) is 3.24. The fraction of sp³-hybridized carbons (Fsp3) is 0.118. The molecule has 5 nitrogen and oxygen atoms in total. The molecule has 122 valence electrons. The molecule has 0 atom stereocenters. The molecule has 0 fully saturated rings. The molecule has 3 rings (SSSR count). The molecule has 0 aliphatic carbocycles. The van der Waals surface area contributed by atoms with Crippen molar-refractivity contribution in [3.8, 4) is 11.3 Å². The zero-order valence-corrected chi connectivity index (χ0v) is 14.1. The molecule has 3 aromatic rings. The van der Waals surface area contributed by atoms with Crippen LogP contribution in [0.15, 0.2) is 47.1 Å². The van der Waals surface area contributed by atoms with Crippen LogP contribution in [0.3, 0.4) is 0 Å². The Morgan fingerprint density at radius 3 is 2.88 bits per heavy atom. The zero-order chi connectivity index (χ0) is 17.1. The van der Waals surface area contributed by atoms with Crippen LogP contribution < -0.4 is 0 Å². The number of rotatable bonds is 4. The van der Waals surface area contributed by atoms with E-state index >= 15 is 0 Å². The summed E-state index contributed by atoms with van der Waals surface area (Å²) >= 11 is 11.7. The molecule has 0 N–H and O–H groups in total. The van der Waals surface area contributed by atoms with Gasteiger partial charge in [-0.2, -0.15) is 0 Å². The quantitative estimate of drug-likeness (QED) is 0.496. The van der Waals surface area contributed by atoms with E-state index in [1.54, 1.807) is 6.07 Å². The Balaban J connectivity index is 1.69. The second kappa shape index (κ2) is 7.03. The summed E-state index contributed by atoms with van der Waals surface area (Å²) in [5.41, 5.74) is 2.82. The van der Waals surface area contributed by atoms with E-state index in [1.165, 1.54) is 12.3 Å². The minimum absolute atomic E-state index is 0.0300. The van der Waals surface area contributed by atoms with E-state index in [1.807, 2.05) is 31.2 Å². The maximum Gasteiger partial charge on any atom is 0.341 e. The fourth-order valence-corrected chi connectivity index (χ4v) is 2.44. The largest absolute Gasteiger partial charge is 0.454 e. The lowest BCUT2D eigenvalue weighted by molar-refractivity contribution is 0.0437. The highest BCUT2D eigenvalue weighted by atomic mass is 35.5. The molecular weight excluding hydrogens is 351 g/mol. The zero-order valence-electron chi connectivity index (χ0n) is 12.6. The number of hydrogen-bond donors (Lipinski definition) is 0. The number of hydrogen-bond acceptors (Lipinski definition) is 5. The molecule has 0 unspecified atom stereocenters. The molecule has 24 heavy (non-hydrogen) atoms. The maximum absolute atomic E-state index is 12.0. The number of pyridine rings is 1. The minimum Gasteiger partial charge on any atom is -0.454 e. The Kier molecular flexibility index (Phi) is 4.83. The maximum atomic E-state index is 12.0. The summed E-state index contributed by atoms with van der Waals surface area (Å²) in [6.07, 6.45) is 1.35. The van der Waals surface area contributed by atoms with Crippen molar-refractivity contribution < 1.29 is 14.1 Å². The van der Waals surface area contributed by atoms with Crippen molar-refractivity contribution in [1.29, 1.82) is 0 Å². The number of aryl methyl sites for hydroxylation is 1. The van der Waals surface area contributed by atoms with Gasteiger partial charge in [-0.15, -0.1) is 0 Å². The van der Waals surface area contributed by atoms with Crippen molar-refractivity contribution in [2.75, 3.05) is 0 Å². The summed E-state index contributed by atoms with van der Waals surface area (Å²) in [5, 5.41) is 4.31. The molecule has 0 spiro atoms. The van der Waals surface area contributed by atoms with Crippen LogP contribution in [-0.2, 0) is 11.3 Å². The summed E-state index contributed by atoms with van der Waals surface area (Å²) in [7, 11) is 0. The van der Waals surface area contributed by atoms with Crippen molar-refractivity contribution in [3.63, 3.8) is 0 Å². The van der Waals surface area contributed by atoms with E-state index < -0.39 is 5.97 Å². The second-order valence-electron chi connectivity index (χ2n) is 5.12. The Bertz CT molecular complexity index is 893. The van der Waals surface area contributed by atoms with Gasteiger partial charge in [-0.1, -0.05) is 52.1 Å². The highest BCUT2D eigenvalue weighted by Gasteiger charge is 2.15. The number of ether oxygens (including phenoxy) is 1. The predicted octanol–water partition coefficient (Wildman–Crippen LogP) is 4.71. The van der Waals surface area contributed by atoms with Gasteiger partial charge in [0.15, 0.2) is 12.4 Å². The summed E-state index contributed by atoms with van der Waals surface area (Å²) in [4.78, 5) is 15.8. The van der Waals surface area contributed by atoms with Crippen molar-refractivity contribution >= 4 is 29.2 Å². The summed E-state index contributed by atoms with van der Waals surface area (Å²) < 4.78 is 10.4. The Morgan fingerprint density at radius 2 is 2.08 bits per heavy atom. The lowest BCUT2D eigenvalue weighted by atomic mass is 10.1. The van der Waals surface area contributed by atoms with E-state index in [-0.39, 0.29) is 17.3 Å². The smallest absolute Gasteiger partial charge is 0.341 e. The number of nitrogens with zero attached hydrogens (tertiary/aromatic N) is 2. The van der Waals surface area contributed by atoms with Crippen LogP contribution in [0.25, 0.3) is 11.3 Å². The van der Waals surface area contributed by atoms with Crippen LogP contribution in [0.1, 0.15) is 21.7 Å². The van der Waals surface area contributed by atoms with Crippen LogP contribution in [0.4, 0.5) is 0 Å². The predicted molar refractivity (Wildman–Crippen MR) is 90.1 cm³/mol. The number of carbonyl (C=O) groups is 1. The molecule has 7 heteroatoms. The van der Waals surface area contributed by atoms with Gasteiger partial charge in [0.25, 0.3) is 0 Å². The second-order valence-corrected chi connectivity index (χ2v) is 5.91. The van der Waals surface area contributed by atoms with E-state index in [2.05, 4.69) is 10.1 Å². The lowest BCUT2D eigenvalue weighted by Crippen LogP contribution is -2.06. The topological polar surface area (TPSA) is 65.2 Å². The average Bonchev–Trinajstić information content (AvgIpc) is 3.04. The molecule has 2 heterocycles. The van der Waals surface area contributed by atoms with Crippen LogP contribution >= 0.6 is 23.2 Å². The number of esters is 1. The van der Waals surface area contributed by atoms with Gasteiger partial charge in [0.2, 0.25) is 0 Å². The third-order valence-corrected chi connectivity index (χ3v) is 3.75. The molecule has 0 bridgehead atoms. The molecule has 0 amide bonds. The van der Waals surface area contributed by atoms with Gasteiger partial charge in [0.1, 0.15) is 10.8 Å². The SMILES string of the molecule is Cc1cccc(-c2cc(COC(=O)c3cc(Cl)cnc3Cl)on2)c1. The Morgan fingerprint density at radius 1 is 1.25 bits per heavy atom. The van der Waals surface area contributed by atoms with E-state index in [9.17, 15) is 4.79 Å². The van der Waals surface area contributed by atoms with Crippen LogP contribution in [0.2, 0.25) is 10.2 Å². The number of benzene rings is 1. The minimum atomic E-state index is -0.636. The molecule has 0 aliphatic heterocycles. The van der Waals surface area contributed by atoms with Crippen molar-refractivity contribution in [1.82, 2.24) is 10.1 Å². The van der Waals surface area contributed by atoms with Crippen molar-refractivity contribution in [2.24, 2.45) is 0 Å². The first-order valence-corrected chi connectivity index (χ1v) is 7.79. The third kappa shape index (κ3) is 3.75. The summed E-state index contributed by atoms with van der Waals surface area (Å²) in [6, 6.07) is 11.0. The van der Waals surface area contributed by atoms with Gasteiger partial charge in [0.05, 0.1) is 10.6 Å². The van der Waals surface area contributed by atoms with Gasteiger partial charge < -0.3 is 9.26 Å². The average molecular weight is 363 g/mol. The molecule has 2 aromatic heterocycles. The highest BCUT2D eigenvalue weighted by Crippen LogP contribution is 2.22. The molecular formula is C17H12Cl2N2O3. The summed E-state index contributed by atoms with van der Waals surface area (Å²) in [5.74, 6) is -0.213. The first kappa shape index (κ1) is 16.5. The monoisotopic (exact) mass is 362 g/mol. The number of aromatic nitrogens is 2. The Labute approximate surface area is 148 Å². The first-order chi connectivity index (χ1) is 11.5. The summed E-state index contributed by atoms with van der Waals surface area (Å²) in [6.45, 7) is 1.93. The van der Waals surface area contributed by atoms with Gasteiger partial charge in [-0.05, 0) is 19.1 Å². The molecule has 0 aliphatic rings. The molecule has 0 saturated carbocycles. The van der Waals surface area contributed by atoms with Crippen LogP contribution in [0.5, 0.6) is 0 Å². The van der Waals surface area contributed by atoms with Crippen molar-refractivity contribution in [2.45, 2.75) is 13.5 Å². The number of halogens is 2. The van der Waals surface area contributed by atoms with E-state index in [4.69, 9.17) is 32.5 Å². The molecule has 0 radical (unpaired) electrons. The van der Waals surface area contributed by atoms with Gasteiger partial charge in [-0.3, -0.25) is 0 Å². The normalized spacial score (nSPS) is 10.6. The van der Waals surface area contributed by atoms with E-state index in [0.29, 0.717) is 16.5 Å². The standard InChI is InChI=1S/C17H12Cl2N2O3/c1-10-3-2-4-11(5-10)15-7-13(24-21-15)9-23-17(22)14-6-12(18)8-20-16(14)19/h2-8H,9H2,1H3. The molecule has 1 aromatic carbocycles. The van der Waals surface area contributed by atoms with Crippen LogP contribution in [-0.4, -0.2) is 16.1 Å². The highest BCUT2D eigenvalue weighted by molar-refractivity contribution is 6.34. The van der Waals surface area contributed by atoms with Gasteiger partial charge >= 0.3 is 5.97 Å². The van der Waals surface area contributed by atoms with Crippen LogP contribution in [0, 0.1) is 6.92 Å². The lowest BCUT2D eigenvalue weighted by Gasteiger charge is -2.04.